The molecule has 1 aliphatic heterocycles. The minimum absolute atomic E-state index is 0.242. The summed E-state index contributed by atoms with van der Waals surface area (Å²) in [7, 11) is 0. The number of thiazole rings is 1. The van der Waals surface area contributed by atoms with E-state index in [0.717, 1.165) is 33.0 Å². The van der Waals surface area contributed by atoms with Gasteiger partial charge in [0.25, 0.3) is 5.91 Å². The van der Waals surface area contributed by atoms with E-state index in [2.05, 4.69) is 30.9 Å². The average molecular weight is 419 g/mol. The lowest BCUT2D eigenvalue weighted by Gasteiger charge is -2.34. The lowest BCUT2D eigenvalue weighted by Crippen LogP contribution is -2.48. The number of aromatic nitrogens is 1. The predicted molar refractivity (Wildman–Crippen MR) is 109 cm³/mol. The van der Waals surface area contributed by atoms with Crippen molar-refractivity contribution in [2.45, 2.75) is 20.0 Å². The Labute approximate surface area is 170 Å². The zero-order chi connectivity index (χ0) is 20.8. The second kappa shape index (κ2) is 7.33. The van der Waals surface area contributed by atoms with Crippen LogP contribution in [-0.2, 0) is 6.18 Å². The summed E-state index contributed by atoms with van der Waals surface area (Å²) in [6.07, 6.45) is -4.40. The second-order valence-corrected chi connectivity index (χ2v) is 8.29. The third-order valence-electron chi connectivity index (χ3n) is 5.12. The van der Waals surface area contributed by atoms with Gasteiger partial charge in [0.1, 0.15) is 0 Å². The third-order valence-corrected chi connectivity index (χ3v) is 6.18. The maximum Gasteiger partial charge on any atom is 0.416 e. The number of hydrogen-bond acceptors (Lipinski definition) is 4. The van der Waals surface area contributed by atoms with Gasteiger partial charge in [0, 0.05) is 31.7 Å². The van der Waals surface area contributed by atoms with Gasteiger partial charge < -0.3 is 9.80 Å². The number of aryl methyl sites for hydroxylation is 2. The van der Waals surface area contributed by atoms with E-state index in [1.165, 1.54) is 17.7 Å². The molecule has 8 heteroatoms. The summed E-state index contributed by atoms with van der Waals surface area (Å²) >= 11 is 1.65. The monoisotopic (exact) mass is 419 g/mol. The first-order valence-corrected chi connectivity index (χ1v) is 10.1. The highest BCUT2D eigenvalue weighted by atomic mass is 32.1. The van der Waals surface area contributed by atoms with Gasteiger partial charge in [-0.3, -0.25) is 4.79 Å². The molecule has 4 nitrogen and oxygen atoms in total. The number of halogens is 3. The molecule has 1 aromatic heterocycles. The van der Waals surface area contributed by atoms with Crippen molar-refractivity contribution in [2.75, 3.05) is 31.1 Å². The number of fused-ring (bicyclic) bond motifs is 1. The number of rotatable bonds is 2. The fraction of sp³-hybridized carbons (Fsp3) is 0.333. The van der Waals surface area contributed by atoms with E-state index in [4.69, 9.17) is 4.98 Å². The molecular formula is C21H20F3N3OS. The molecule has 0 bridgehead atoms. The zero-order valence-corrected chi connectivity index (χ0v) is 16.9. The fourth-order valence-corrected chi connectivity index (χ4v) is 4.77. The number of hydrogen-bond donors (Lipinski definition) is 0. The fourth-order valence-electron chi connectivity index (χ4n) is 3.58. The van der Waals surface area contributed by atoms with Crippen LogP contribution in [-0.4, -0.2) is 42.0 Å². The summed E-state index contributed by atoms with van der Waals surface area (Å²) in [6.45, 7) is 6.42. The molecule has 0 spiro atoms. The zero-order valence-electron chi connectivity index (χ0n) is 16.1. The minimum Gasteiger partial charge on any atom is -0.345 e. The number of amides is 1. The molecule has 2 heterocycles. The molecule has 0 aliphatic carbocycles. The first-order valence-electron chi connectivity index (χ1n) is 9.31. The van der Waals surface area contributed by atoms with Crippen LogP contribution in [0.2, 0.25) is 0 Å². The van der Waals surface area contributed by atoms with E-state index in [9.17, 15) is 18.0 Å². The van der Waals surface area contributed by atoms with Crippen LogP contribution in [0.25, 0.3) is 10.2 Å². The van der Waals surface area contributed by atoms with Gasteiger partial charge in [-0.2, -0.15) is 13.2 Å². The molecule has 0 N–H and O–H groups in total. The van der Waals surface area contributed by atoms with Crippen LogP contribution in [0.4, 0.5) is 18.3 Å². The van der Waals surface area contributed by atoms with Crippen LogP contribution < -0.4 is 4.90 Å². The lowest BCUT2D eigenvalue weighted by molar-refractivity contribution is -0.137. The van der Waals surface area contributed by atoms with Crippen molar-refractivity contribution in [2.24, 2.45) is 0 Å². The highest BCUT2D eigenvalue weighted by molar-refractivity contribution is 7.22. The summed E-state index contributed by atoms with van der Waals surface area (Å²) in [5.74, 6) is -0.242. The number of alkyl halides is 3. The Morgan fingerprint density at radius 1 is 1.03 bits per heavy atom. The van der Waals surface area contributed by atoms with Crippen LogP contribution >= 0.6 is 11.3 Å². The minimum atomic E-state index is -4.40. The number of carbonyl (C=O) groups is 1. The van der Waals surface area contributed by atoms with E-state index in [0.29, 0.717) is 26.2 Å². The van der Waals surface area contributed by atoms with Crippen molar-refractivity contribution in [1.29, 1.82) is 0 Å². The molecule has 0 saturated carbocycles. The van der Waals surface area contributed by atoms with E-state index in [-0.39, 0.29) is 11.5 Å². The Morgan fingerprint density at radius 2 is 1.69 bits per heavy atom. The highest BCUT2D eigenvalue weighted by Gasteiger charge is 2.31. The van der Waals surface area contributed by atoms with Crippen LogP contribution in [0.5, 0.6) is 0 Å². The topological polar surface area (TPSA) is 36.4 Å². The van der Waals surface area contributed by atoms with Crippen LogP contribution in [0.15, 0.2) is 36.4 Å². The van der Waals surface area contributed by atoms with E-state index in [1.54, 1.807) is 16.2 Å². The van der Waals surface area contributed by atoms with Crippen molar-refractivity contribution < 1.29 is 18.0 Å². The molecule has 1 aliphatic rings. The van der Waals surface area contributed by atoms with Crippen LogP contribution in [0.1, 0.15) is 27.0 Å². The SMILES string of the molecule is Cc1cc(C)c2nc(N3CCN(C(=O)c4ccc(C(F)(F)F)cc4)CC3)sc2c1. The van der Waals surface area contributed by atoms with Gasteiger partial charge in [-0.1, -0.05) is 17.4 Å². The summed E-state index contributed by atoms with van der Waals surface area (Å²) in [5, 5.41) is 0.940. The number of carbonyl (C=O) groups excluding carboxylic acids is 1. The second-order valence-electron chi connectivity index (χ2n) is 7.28. The standard InChI is InChI=1S/C21H20F3N3OS/c1-13-11-14(2)18-17(12-13)29-20(25-18)27-9-7-26(8-10-27)19(28)15-3-5-16(6-4-15)21(22,23)24/h3-6,11-12H,7-10H2,1-2H3. The summed E-state index contributed by atoms with van der Waals surface area (Å²) in [4.78, 5) is 21.3. The third kappa shape index (κ3) is 3.94. The smallest absolute Gasteiger partial charge is 0.345 e. The van der Waals surface area contributed by atoms with Gasteiger partial charge in [-0.15, -0.1) is 0 Å². The van der Waals surface area contributed by atoms with Gasteiger partial charge in [0.2, 0.25) is 0 Å². The molecule has 0 unspecified atom stereocenters. The van der Waals surface area contributed by atoms with Gasteiger partial charge in [-0.25, -0.2) is 4.98 Å². The molecule has 4 rings (SSSR count). The maximum absolute atomic E-state index is 12.7. The van der Waals surface area contributed by atoms with Gasteiger partial charge in [0.15, 0.2) is 5.13 Å². The number of anilines is 1. The summed E-state index contributed by atoms with van der Waals surface area (Å²) < 4.78 is 39.2. The van der Waals surface area contributed by atoms with Crippen molar-refractivity contribution in [3.8, 4) is 0 Å². The van der Waals surface area contributed by atoms with Crippen molar-refractivity contribution in [1.82, 2.24) is 9.88 Å². The molecule has 0 radical (unpaired) electrons. The largest absolute Gasteiger partial charge is 0.416 e. The normalized spacial score (nSPS) is 15.2. The van der Waals surface area contributed by atoms with Gasteiger partial charge in [0.05, 0.1) is 15.8 Å². The Bertz CT molecular complexity index is 1050. The Balaban J connectivity index is 1.44. The van der Waals surface area contributed by atoms with E-state index in [1.807, 2.05) is 0 Å². The number of benzene rings is 2. The lowest BCUT2D eigenvalue weighted by atomic mass is 10.1. The van der Waals surface area contributed by atoms with E-state index >= 15 is 0 Å². The van der Waals surface area contributed by atoms with Crippen molar-refractivity contribution in [3.63, 3.8) is 0 Å². The molecular weight excluding hydrogens is 399 g/mol. The molecule has 2 aromatic carbocycles. The highest BCUT2D eigenvalue weighted by Crippen LogP contribution is 2.32. The number of nitrogens with zero attached hydrogens (tertiary/aromatic N) is 3. The van der Waals surface area contributed by atoms with E-state index < -0.39 is 11.7 Å². The average Bonchev–Trinajstić information content (AvgIpc) is 3.11. The molecule has 1 fully saturated rings. The first-order chi connectivity index (χ1) is 13.7. The van der Waals surface area contributed by atoms with Crippen molar-refractivity contribution in [3.05, 3.63) is 58.7 Å². The molecule has 0 atom stereocenters. The molecule has 1 amide bonds. The van der Waals surface area contributed by atoms with Crippen LogP contribution in [0.3, 0.4) is 0 Å². The quantitative estimate of drug-likeness (QED) is 0.593. The Morgan fingerprint density at radius 3 is 2.31 bits per heavy atom. The molecule has 1 saturated heterocycles. The maximum atomic E-state index is 12.7. The Hall–Kier alpha value is -2.61. The summed E-state index contributed by atoms with van der Waals surface area (Å²) in [6, 6.07) is 8.65. The predicted octanol–water partition coefficient (Wildman–Crippen LogP) is 4.89. The summed E-state index contributed by atoms with van der Waals surface area (Å²) in [5.41, 5.74) is 2.90. The molecule has 3 aromatic rings. The Kier molecular flexibility index (Phi) is 4.98. The van der Waals surface area contributed by atoms with Gasteiger partial charge >= 0.3 is 6.18 Å². The molecule has 152 valence electrons. The van der Waals surface area contributed by atoms with Crippen LogP contribution in [0, 0.1) is 13.8 Å². The van der Waals surface area contributed by atoms with Gasteiger partial charge in [-0.05, 0) is 55.3 Å². The van der Waals surface area contributed by atoms with Crippen molar-refractivity contribution >= 4 is 32.6 Å². The molecule has 29 heavy (non-hydrogen) atoms. The first kappa shape index (κ1) is 19.7. The number of piperazine rings is 1.